The number of anilines is 2. The van der Waals surface area contributed by atoms with Gasteiger partial charge in [0.1, 0.15) is 0 Å². The summed E-state index contributed by atoms with van der Waals surface area (Å²) in [6, 6.07) is 10.7. The smallest absolute Gasteiger partial charge is 0.280 e. The van der Waals surface area contributed by atoms with Gasteiger partial charge in [-0.1, -0.05) is 6.07 Å². The fourth-order valence-corrected chi connectivity index (χ4v) is 2.30. The minimum atomic E-state index is -0.551. The molecular formula is C16H16N2O3. The third kappa shape index (κ3) is 3.08. The van der Waals surface area contributed by atoms with Crippen LogP contribution in [-0.2, 0) is 0 Å². The molecule has 2 rings (SSSR count). The van der Waals surface area contributed by atoms with Gasteiger partial charge in [-0.05, 0) is 49.2 Å². The van der Waals surface area contributed by atoms with Crippen LogP contribution in [0.2, 0.25) is 0 Å². The van der Waals surface area contributed by atoms with E-state index in [1.54, 1.807) is 6.07 Å². The molecule has 0 amide bonds. The predicted molar refractivity (Wildman–Crippen MR) is 82.5 cm³/mol. The summed E-state index contributed by atoms with van der Waals surface area (Å²) in [5, 5.41) is 10.9. The number of nitrogens with zero attached hydrogens (tertiary/aromatic N) is 2. The van der Waals surface area contributed by atoms with Crippen molar-refractivity contribution in [1.82, 2.24) is 0 Å². The second-order valence-corrected chi connectivity index (χ2v) is 5.02. The van der Waals surface area contributed by atoms with Crippen LogP contribution in [0.1, 0.15) is 21.5 Å². The van der Waals surface area contributed by atoms with Crippen LogP contribution in [0.5, 0.6) is 0 Å². The monoisotopic (exact) mass is 284 g/mol. The summed E-state index contributed by atoms with van der Waals surface area (Å²) in [4.78, 5) is 23.2. The van der Waals surface area contributed by atoms with Gasteiger partial charge in [0.15, 0.2) is 6.29 Å². The van der Waals surface area contributed by atoms with Crippen LogP contribution in [0.25, 0.3) is 0 Å². The van der Waals surface area contributed by atoms with Gasteiger partial charge in [-0.3, -0.25) is 14.9 Å². The quantitative estimate of drug-likeness (QED) is 0.487. The van der Waals surface area contributed by atoms with Gasteiger partial charge in [0.05, 0.1) is 10.5 Å². The number of aryl methyl sites for hydroxylation is 2. The maximum atomic E-state index is 11.0. The van der Waals surface area contributed by atoms with Crippen molar-refractivity contribution >= 4 is 23.3 Å². The number of carbonyl (C=O) groups excluding carboxylic acids is 1. The Morgan fingerprint density at radius 3 is 2.19 bits per heavy atom. The summed E-state index contributed by atoms with van der Waals surface area (Å²) in [6.45, 7) is 4.02. The highest BCUT2D eigenvalue weighted by Gasteiger charge is 2.15. The molecule has 2 aromatic rings. The highest BCUT2D eigenvalue weighted by atomic mass is 16.6. The van der Waals surface area contributed by atoms with Crippen LogP contribution < -0.4 is 4.90 Å². The number of hydrogen-bond donors (Lipinski definition) is 0. The first-order chi connectivity index (χ1) is 9.92. The van der Waals surface area contributed by atoms with Gasteiger partial charge < -0.3 is 4.90 Å². The van der Waals surface area contributed by atoms with Crippen LogP contribution >= 0.6 is 0 Å². The number of benzene rings is 2. The lowest BCUT2D eigenvalue weighted by Crippen LogP contribution is -2.10. The molecule has 0 aromatic heterocycles. The largest absolute Gasteiger partial charge is 0.345 e. The van der Waals surface area contributed by atoms with E-state index in [0.717, 1.165) is 22.5 Å². The van der Waals surface area contributed by atoms with E-state index in [9.17, 15) is 14.9 Å². The zero-order valence-corrected chi connectivity index (χ0v) is 12.2. The molecule has 0 spiro atoms. The molecule has 0 saturated heterocycles. The fourth-order valence-electron chi connectivity index (χ4n) is 2.30. The normalized spacial score (nSPS) is 10.2. The second kappa shape index (κ2) is 5.75. The molecule has 0 unspecified atom stereocenters. The lowest BCUT2D eigenvalue weighted by atomic mass is 10.1. The zero-order valence-electron chi connectivity index (χ0n) is 12.2. The lowest BCUT2D eigenvalue weighted by Gasteiger charge is -2.21. The van der Waals surface area contributed by atoms with Crippen molar-refractivity contribution in [2.45, 2.75) is 13.8 Å². The molecule has 0 atom stereocenters. The highest BCUT2D eigenvalue weighted by Crippen LogP contribution is 2.29. The minimum Gasteiger partial charge on any atom is -0.345 e. The number of hydrogen-bond acceptors (Lipinski definition) is 4. The molecule has 5 nitrogen and oxygen atoms in total. The third-order valence-corrected chi connectivity index (χ3v) is 3.32. The molecular weight excluding hydrogens is 268 g/mol. The van der Waals surface area contributed by atoms with Gasteiger partial charge in [0.2, 0.25) is 0 Å². The van der Waals surface area contributed by atoms with E-state index in [-0.39, 0.29) is 11.3 Å². The Balaban J connectivity index is 2.46. The summed E-state index contributed by atoms with van der Waals surface area (Å²) < 4.78 is 0. The average Bonchev–Trinajstić information content (AvgIpc) is 2.44. The molecule has 21 heavy (non-hydrogen) atoms. The second-order valence-electron chi connectivity index (χ2n) is 5.02. The van der Waals surface area contributed by atoms with Crippen LogP contribution in [-0.4, -0.2) is 18.3 Å². The third-order valence-electron chi connectivity index (χ3n) is 3.32. The molecule has 0 aliphatic rings. The lowest BCUT2D eigenvalue weighted by molar-refractivity contribution is -0.385. The van der Waals surface area contributed by atoms with E-state index in [2.05, 4.69) is 6.07 Å². The maximum Gasteiger partial charge on any atom is 0.280 e. The van der Waals surface area contributed by atoms with E-state index in [0.29, 0.717) is 6.29 Å². The van der Waals surface area contributed by atoms with E-state index in [4.69, 9.17) is 0 Å². The van der Waals surface area contributed by atoms with Crippen molar-refractivity contribution in [2.24, 2.45) is 0 Å². The van der Waals surface area contributed by atoms with Crippen LogP contribution in [0.3, 0.4) is 0 Å². The molecule has 0 bridgehead atoms. The number of aldehydes is 1. The van der Waals surface area contributed by atoms with Crippen molar-refractivity contribution in [3.8, 4) is 0 Å². The SMILES string of the molecule is Cc1cc(C)cc(N(C)c2ccc([N+](=O)[O-])c(C=O)c2)c1. The summed E-state index contributed by atoms with van der Waals surface area (Å²) in [7, 11) is 1.87. The summed E-state index contributed by atoms with van der Waals surface area (Å²) in [6.07, 6.45) is 0.511. The van der Waals surface area contributed by atoms with Gasteiger partial charge >= 0.3 is 0 Å². The van der Waals surface area contributed by atoms with Gasteiger partial charge in [0, 0.05) is 24.5 Å². The van der Waals surface area contributed by atoms with E-state index in [1.165, 1.54) is 12.1 Å². The van der Waals surface area contributed by atoms with E-state index >= 15 is 0 Å². The first-order valence-corrected chi connectivity index (χ1v) is 6.48. The molecule has 0 aliphatic carbocycles. The molecule has 2 aromatic carbocycles. The highest BCUT2D eigenvalue weighted by molar-refractivity contribution is 5.84. The number of nitro benzene ring substituents is 1. The molecule has 0 fully saturated rings. The van der Waals surface area contributed by atoms with Crippen molar-refractivity contribution < 1.29 is 9.72 Å². The van der Waals surface area contributed by atoms with E-state index in [1.807, 2.05) is 37.9 Å². The molecule has 0 saturated carbocycles. The molecule has 5 heteroatoms. The summed E-state index contributed by atoms with van der Waals surface area (Å²) in [5.74, 6) is 0. The van der Waals surface area contributed by atoms with Crippen LogP contribution in [0.4, 0.5) is 17.1 Å². The van der Waals surface area contributed by atoms with Crippen molar-refractivity contribution in [3.63, 3.8) is 0 Å². The van der Waals surface area contributed by atoms with Crippen LogP contribution in [0, 0.1) is 24.0 Å². The standard InChI is InChI=1S/C16H16N2O3/c1-11-6-12(2)8-15(7-11)17(3)14-4-5-16(18(20)21)13(9-14)10-19/h4-10H,1-3H3. The molecule has 0 aliphatic heterocycles. The van der Waals surface area contributed by atoms with Crippen LogP contribution in [0.15, 0.2) is 36.4 Å². The first-order valence-electron chi connectivity index (χ1n) is 6.48. The summed E-state index contributed by atoms with van der Waals surface area (Å²) >= 11 is 0. The maximum absolute atomic E-state index is 11.0. The Kier molecular flexibility index (Phi) is 4.03. The average molecular weight is 284 g/mol. The van der Waals surface area contributed by atoms with Gasteiger partial charge in [-0.15, -0.1) is 0 Å². The first kappa shape index (κ1) is 14.7. The Labute approximate surface area is 123 Å². The predicted octanol–water partition coefficient (Wildman–Crippen LogP) is 3.79. The Morgan fingerprint density at radius 1 is 1.05 bits per heavy atom. The Bertz CT molecular complexity index is 690. The molecule has 108 valence electrons. The van der Waals surface area contributed by atoms with Crippen molar-refractivity contribution in [2.75, 3.05) is 11.9 Å². The molecule has 0 N–H and O–H groups in total. The van der Waals surface area contributed by atoms with Gasteiger partial charge in [-0.25, -0.2) is 0 Å². The Hall–Kier alpha value is -2.69. The molecule has 0 radical (unpaired) electrons. The van der Waals surface area contributed by atoms with E-state index < -0.39 is 4.92 Å². The van der Waals surface area contributed by atoms with Gasteiger partial charge in [-0.2, -0.15) is 0 Å². The number of carbonyl (C=O) groups is 1. The number of rotatable bonds is 4. The number of nitro groups is 1. The van der Waals surface area contributed by atoms with Crippen molar-refractivity contribution in [1.29, 1.82) is 0 Å². The molecule has 0 heterocycles. The van der Waals surface area contributed by atoms with Crippen molar-refractivity contribution in [3.05, 3.63) is 63.2 Å². The minimum absolute atomic E-state index is 0.0775. The fraction of sp³-hybridized carbons (Fsp3) is 0.188. The topological polar surface area (TPSA) is 63.4 Å². The zero-order chi connectivity index (χ0) is 15.6. The Morgan fingerprint density at radius 2 is 1.67 bits per heavy atom. The van der Waals surface area contributed by atoms with Gasteiger partial charge in [0.25, 0.3) is 5.69 Å². The summed E-state index contributed by atoms with van der Waals surface area (Å²) in [5.41, 5.74) is 3.87.